The minimum absolute atomic E-state index is 0.0974. The van der Waals surface area contributed by atoms with Crippen molar-refractivity contribution in [3.05, 3.63) is 11.1 Å². The lowest BCUT2D eigenvalue weighted by Gasteiger charge is -2.33. The fraction of sp³-hybridized carbons (Fsp3) is 0.600. The van der Waals surface area contributed by atoms with Crippen molar-refractivity contribution in [1.82, 2.24) is 4.98 Å². The Hall–Kier alpha value is -0.600. The predicted octanol–water partition coefficient (Wildman–Crippen LogP) is 1.27. The first-order valence-electron chi connectivity index (χ1n) is 5.39. The molecule has 1 atom stereocenters. The Morgan fingerprint density at radius 3 is 2.83 bits per heavy atom. The molecule has 0 radical (unpaired) electrons. The molecule has 5 nitrogen and oxygen atoms in total. The number of ketones is 1. The second kappa shape index (κ2) is 5.18. The molecule has 8 heteroatoms. The van der Waals surface area contributed by atoms with E-state index in [1.807, 2.05) is 0 Å². The SMILES string of the molecule is CC(=O)c1csc(N2CCSCC2S(C)(=O)=O)n1. The molecule has 1 saturated heterocycles. The number of thioether (sulfide) groups is 1. The highest BCUT2D eigenvalue weighted by Crippen LogP contribution is 2.29. The Labute approximate surface area is 115 Å². The molecule has 0 spiro atoms. The lowest BCUT2D eigenvalue weighted by atomic mass is 10.4. The number of sulfone groups is 1. The Morgan fingerprint density at radius 1 is 1.56 bits per heavy atom. The van der Waals surface area contributed by atoms with Crippen LogP contribution in [0.15, 0.2) is 5.38 Å². The number of rotatable bonds is 3. The number of anilines is 1. The summed E-state index contributed by atoms with van der Waals surface area (Å²) < 4.78 is 23.5. The molecule has 2 rings (SSSR count). The van der Waals surface area contributed by atoms with Crippen LogP contribution in [0.2, 0.25) is 0 Å². The Bertz CT molecular complexity index is 552. The highest BCUT2D eigenvalue weighted by atomic mass is 32.2. The van der Waals surface area contributed by atoms with Gasteiger partial charge in [-0.05, 0) is 0 Å². The van der Waals surface area contributed by atoms with Crippen molar-refractivity contribution < 1.29 is 13.2 Å². The molecular formula is C10H14N2O3S3. The van der Waals surface area contributed by atoms with Gasteiger partial charge in [0.05, 0.1) is 0 Å². The Kier molecular flexibility index (Phi) is 3.98. The third-order valence-corrected chi connectivity index (χ3v) is 6.20. The average Bonchev–Trinajstić information content (AvgIpc) is 2.77. The maximum atomic E-state index is 11.8. The van der Waals surface area contributed by atoms with E-state index >= 15 is 0 Å². The summed E-state index contributed by atoms with van der Waals surface area (Å²) >= 11 is 2.96. The smallest absolute Gasteiger partial charge is 0.187 e. The Morgan fingerprint density at radius 2 is 2.28 bits per heavy atom. The highest BCUT2D eigenvalue weighted by Gasteiger charge is 2.32. The molecule has 1 unspecified atom stereocenters. The quantitative estimate of drug-likeness (QED) is 0.784. The molecule has 1 aromatic rings. The van der Waals surface area contributed by atoms with Crippen molar-refractivity contribution in [2.24, 2.45) is 0 Å². The van der Waals surface area contributed by atoms with Gasteiger partial charge in [0.15, 0.2) is 20.8 Å². The van der Waals surface area contributed by atoms with E-state index < -0.39 is 15.2 Å². The zero-order chi connectivity index (χ0) is 13.3. The number of hydrogen-bond acceptors (Lipinski definition) is 7. The van der Waals surface area contributed by atoms with E-state index in [1.165, 1.54) is 24.5 Å². The Balaban J connectivity index is 2.31. The molecule has 0 saturated carbocycles. The highest BCUT2D eigenvalue weighted by molar-refractivity contribution is 8.01. The van der Waals surface area contributed by atoms with Crippen LogP contribution in [0.3, 0.4) is 0 Å². The maximum Gasteiger partial charge on any atom is 0.187 e. The van der Waals surface area contributed by atoms with Gasteiger partial charge in [-0.3, -0.25) is 4.79 Å². The first-order chi connectivity index (χ1) is 8.39. The van der Waals surface area contributed by atoms with Gasteiger partial charge in [0.2, 0.25) is 0 Å². The van der Waals surface area contributed by atoms with Crippen LogP contribution < -0.4 is 4.90 Å². The van der Waals surface area contributed by atoms with E-state index in [0.29, 0.717) is 23.1 Å². The normalized spacial score (nSPS) is 21.0. The summed E-state index contributed by atoms with van der Waals surface area (Å²) in [5.41, 5.74) is 0.403. The van der Waals surface area contributed by atoms with Gasteiger partial charge in [0, 0.05) is 36.6 Å². The van der Waals surface area contributed by atoms with Crippen LogP contribution >= 0.6 is 23.1 Å². The van der Waals surface area contributed by atoms with Gasteiger partial charge >= 0.3 is 0 Å². The third-order valence-electron chi connectivity index (χ3n) is 2.68. The van der Waals surface area contributed by atoms with Crippen LogP contribution in [0.25, 0.3) is 0 Å². The molecular weight excluding hydrogens is 292 g/mol. The average molecular weight is 306 g/mol. The molecule has 2 heterocycles. The lowest BCUT2D eigenvalue weighted by molar-refractivity contribution is 0.101. The van der Waals surface area contributed by atoms with Crippen LogP contribution in [-0.2, 0) is 9.84 Å². The van der Waals surface area contributed by atoms with E-state index in [2.05, 4.69) is 4.98 Å². The summed E-state index contributed by atoms with van der Waals surface area (Å²) in [5.74, 6) is 1.33. The fourth-order valence-corrected chi connectivity index (χ4v) is 5.54. The molecule has 0 aliphatic carbocycles. The molecule has 1 aliphatic rings. The van der Waals surface area contributed by atoms with Crippen LogP contribution in [0.4, 0.5) is 5.13 Å². The predicted molar refractivity (Wildman–Crippen MR) is 75.4 cm³/mol. The molecule has 1 aromatic heterocycles. The molecule has 100 valence electrons. The number of nitrogens with zero attached hydrogens (tertiary/aromatic N) is 2. The molecule has 0 bridgehead atoms. The standard InChI is InChI=1S/C10H14N2O3S3/c1-7(13)8-5-17-10(11-8)12-3-4-16-6-9(12)18(2,14)15/h5,9H,3-4,6H2,1-2H3. The van der Waals surface area contributed by atoms with Crippen LogP contribution in [0, 0.1) is 0 Å². The third kappa shape index (κ3) is 2.86. The molecule has 0 aromatic carbocycles. The van der Waals surface area contributed by atoms with Crippen molar-refractivity contribution >= 4 is 43.9 Å². The minimum atomic E-state index is -3.15. The van der Waals surface area contributed by atoms with Crippen molar-refractivity contribution in [2.75, 3.05) is 29.2 Å². The van der Waals surface area contributed by atoms with Crippen molar-refractivity contribution in [2.45, 2.75) is 12.3 Å². The van der Waals surface area contributed by atoms with E-state index in [0.717, 1.165) is 5.75 Å². The molecule has 0 amide bonds. The van der Waals surface area contributed by atoms with Crippen molar-refractivity contribution in [3.63, 3.8) is 0 Å². The lowest BCUT2D eigenvalue weighted by Crippen LogP contribution is -2.47. The molecule has 1 fully saturated rings. The van der Waals surface area contributed by atoms with E-state index in [4.69, 9.17) is 0 Å². The zero-order valence-corrected chi connectivity index (χ0v) is 12.6. The first-order valence-corrected chi connectivity index (χ1v) is 9.38. The van der Waals surface area contributed by atoms with Gasteiger partial charge in [-0.2, -0.15) is 11.8 Å². The summed E-state index contributed by atoms with van der Waals surface area (Å²) in [5, 5.41) is 1.76. The van der Waals surface area contributed by atoms with Gasteiger partial charge < -0.3 is 4.90 Å². The van der Waals surface area contributed by atoms with E-state index in [9.17, 15) is 13.2 Å². The molecule has 0 N–H and O–H groups in total. The summed E-state index contributed by atoms with van der Waals surface area (Å²) in [6.07, 6.45) is 1.25. The summed E-state index contributed by atoms with van der Waals surface area (Å²) in [4.78, 5) is 17.2. The number of carbonyl (C=O) groups excluding carboxylic acids is 1. The number of aromatic nitrogens is 1. The number of hydrogen-bond donors (Lipinski definition) is 0. The molecule has 18 heavy (non-hydrogen) atoms. The second-order valence-corrected chi connectivity index (χ2v) is 8.31. The summed E-state index contributed by atoms with van der Waals surface area (Å²) in [7, 11) is -3.15. The maximum absolute atomic E-state index is 11.8. The van der Waals surface area contributed by atoms with Crippen molar-refractivity contribution in [1.29, 1.82) is 0 Å². The van der Waals surface area contributed by atoms with Crippen LogP contribution in [0.1, 0.15) is 17.4 Å². The zero-order valence-electron chi connectivity index (χ0n) is 10.1. The van der Waals surface area contributed by atoms with Gasteiger partial charge in [-0.15, -0.1) is 11.3 Å². The summed E-state index contributed by atoms with van der Waals surface area (Å²) in [6.45, 7) is 2.10. The number of Topliss-reactive ketones (excluding diaryl/α,β-unsaturated/α-hetero) is 1. The van der Waals surface area contributed by atoms with Gasteiger partial charge in [-0.1, -0.05) is 0 Å². The molecule has 1 aliphatic heterocycles. The van der Waals surface area contributed by atoms with Crippen LogP contribution in [-0.4, -0.2) is 48.9 Å². The summed E-state index contributed by atoms with van der Waals surface area (Å²) in [6, 6.07) is 0. The van der Waals surface area contributed by atoms with Gasteiger partial charge in [0.25, 0.3) is 0 Å². The topological polar surface area (TPSA) is 67.3 Å². The van der Waals surface area contributed by atoms with E-state index in [1.54, 1.807) is 22.0 Å². The van der Waals surface area contributed by atoms with Gasteiger partial charge in [0.1, 0.15) is 11.1 Å². The minimum Gasteiger partial charge on any atom is -0.329 e. The van der Waals surface area contributed by atoms with Crippen LogP contribution in [0.5, 0.6) is 0 Å². The number of carbonyl (C=O) groups is 1. The monoisotopic (exact) mass is 306 g/mol. The van der Waals surface area contributed by atoms with E-state index in [-0.39, 0.29) is 5.78 Å². The number of thiazole rings is 1. The first kappa shape index (κ1) is 13.8. The van der Waals surface area contributed by atoms with Crippen molar-refractivity contribution in [3.8, 4) is 0 Å². The van der Waals surface area contributed by atoms with Gasteiger partial charge in [-0.25, -0.2) is 13.4 Å². The largest absolute Gasteiger partial charge is 0.329 e. The fourth-order valence-electron chi connectivity index (χ4n) is 1.71. The second-order valence-electron chi connectivity index (χ2n) is 4.12.